The molecule has 1 fully saturated rings. The van der Waals surface area contributed by atoms with E-state index in [9.17, 15) is 0 Å². The van der Waals surface area contributed by atoms with Crippen LogP contribution in [-0.2, 0) is 6.54 Å². The lowest BCUT2D eigenvalue weighted by molar-refractivity contribution is 0.410. The van der Waals surface area contributed by atoms with Gasteiger partial charge in [-0.3, -0.25) is 4.68 Å². The summed E-state index contributed by atoms with van der Waals surface area (Å²) in [5.74, 6) is 0. The molecule has 1 aromatic rings. The minimum absolute atomic E-state index is 0.320. The highest BCUT2D eigenvalue weighted by Crippen LogP contribution is 2.50. The minimum atomic E-state index is 0.320. The number of rotatable bonds is 4. The van der Waals surface area contributed by atoms with E-state index in [0.717, 1.165) is 13.0 Å². The Hall–Kier alpha value is -0.170. The van der Waals surface area contributed by atoms with Gasteiger partial charge in [-0.05, 0) is 40.8 Å². The van der Waals surface area contributed by atoms with E-state index in [1.165, 1.54) is 16.4 Å². The highest BCUT2D eigenvalue weighted by molar-refractivity contribution is 14.1. The molecule has 0 atom stereocenters. The van der Waals surface area contributed by atoms with Crippen LogP contribution in [0.3, 0.4) is 0 Å². The van der Waals surface area contributed by atoms with Crippen molar-refractivity contribution in [2.45, 2.75) is 25.8 Å². The molecule has 0 bridgehead atoms. The number of nitrogens with two attached hydrogens (primary N) is 1. The zero-order chi connectivity index (χ0) is 10.2. The zero-order valence-corrected chi connectivity index (χ0v) is 10.7. The van der Waals surface area contributed by atoms with Crippen molar-refractivity contribution >= 4 is 39.8 Å². The molecule has 5 heteroatoms. The first-order valence-electron chi connectivity index (χ1n) is 4.56. The largest absolute Gasteiger partial charge is 0.393 e. The second kappa shape index (κ2) is 3.77. The molecule has 2 rings (SSSR count). The fourth-order valence-electron chi connectivity index (χ4n) is 1.71. The Kier molecular flexibility index (Phi) is 2.79. The van der Waals surface area contributed by atoms with Gasteiger partial charge < -0.3 is 5.73 Å². The van der Waals surface area contributed by atoms with Gasteiger partial charge in [0.2, 0.25) is 0 Å². The van der Waals surface area contributed by atoms with Gasteiger partial charge in [-0.25, -0.2) is 0 Å². The fraction of sp³-hybridized carbons (Fsp3) is 0.556. The molecule has 1 aliphatic rings. The molecule has 76 valence electrons. The third kappa shape index (κ3) is 2.44. The summed E-state index contributed by atoms with van der Waals surface area (Å²) in [6, 6.07) is 0. The molecule has 1 saturated carbocycles. The van der Waals surface area contributed by atoms with Gasteiger partial charge >= 0.3 is 0 Å². The van der Waals surface area contributed by atoms with Crippen LogP contribution in [0.4, 0.5) is 0 Å². The van der Waals surface area contributed by atoms with Crippen molar-refractivity contribution in [3.05, 3.63) is 16.0 Å². The minimum Gasteiger partial charge on any atom is -0.393 e. The smallest absolute Gasteiger partial charge is 0.0733 e. The standard InChI is InChI=1S/C9H12IN3S/c10-7-4-12-13(5-7)6-9(1-2-9)3-8(11)14/h4-5H,1-3,6H2,(H2,11,14). The summed E-state index contributed by atoms with van der Waals surface area (Å²) < 4.78 is 3.17. The molecule has 0 spiro atoms. The molecule has 0 saturated heterocycles. The predicted molar refractivity (Wildman–Crippen MR) is 68.0 cm³/mol. The third-order valence-corrected chi connectivity index (χ3v) is 3.31. The Morgan fingerprint density at radius 2 is 2.43 bits per heavy atom. The van der Waals surface area contributed by atoms with Crippen molar-refractivity contribution in [1.29, 1.82) is 0 Å². The molecular weight excluding hydrogens is 309 g/mol. The molecule has 1 aliphatic carbocycles. The van der Waals surface area contributed by atoms with Gasteiger partial charge in [0.25, 0.3) is 0 Å². The van der Waals surface area contributed by atoms with Crippen LogP contribution in [0.25, 0.3) is 0 Å². The summed E-state index contributed by atoms with van der Waals surface area (Å²) in [5, 5.41) is 4.27. The predicted octanol–water partition coefficient (Wildman–Crippen LogP) is 1.94. The number of hydrogen-bond donors (Lipinski definition) is 1. The van der Waals surface area contributed by atoms with Crippen LogP contribution >= 0.6 is 34.8 Å². The van der Waals surface area contributed by atoms with Crippen LogP contribution in [0, 0.1) is 8.99 Å². The van der Waals surface area contributed by atoms with E-state index in [1.54, 1.807) is 0 Å². The second-order valence-electron chi connectivity index (χ2n) is 4.00. The summed E-state index contributed by atoms with van der Waals surface area (Å²) in [7, 11) is 0. The van der Waals surface area contributed by atoms with Gasteiger partial charge in [-0.2, -0.15) is 5.10 Å². The van der Waals surface area contributed by atoms with Gasteiger partial charge in [0.05, 0.1) is 14.8 Å². The number of nitrogens with zero attached hydrogens (tertiary/aromatic N) is 2. The number of thiocarbonyl (C=S) groups is 1. The lowest BCUT2D eigenvalue weighted by Gasteiger charge is -2.13. The SMILES string of the molecule is NC(=S)CC1(Cn2cc(I)cn2)CC1. The van der Waals surface area contributed by atoms with Gasteiger partial charge in [0.1, 0.15) is 0 Å². The Bertz CT molecular complexity index is 357. The average Bonchev–Trinajstić information content (AvgIpc) is 2.67. The number of hydrogen-bond acceptors (Lipinski definition) is 2. The number of halogens is 1. The molecule has 0 unspecified atom stereocenters. The van der Waals surface area contributed by atoms with Crippen molar-refractivity contribution < 1.29 is 0 Å². The Balaban J connectivity index is 2.00. The van der Waals surface area contributed by atoms with Crippen LogP contribution in [0.1, 0.15) is 19.3 Å². The van der Waals surface area contributed by atoms with E-state index < -0.39 is 0 Å². The third-order valence-electron chi connectivity index (χ3n) is 2.61. The van der Waals surface area contributed by atoms with Crippen molar-refractivity contribution in [3.63, 3.8) is 0 Å². The molecule has 1 heterocycles. The van der Waals surface area contributed by atoms with Crippen LogP contribution in [0.2, 0.25) is 0 Å². The Labute approximate surface area is 102 Å². The molecule has 1 aromatic heterocycles. The first kappa shape index (κ1) is 10.4. The summed E-state index contributed by atoms with van der Waals surface area (Å²) in [6.07, 6.45) is 7.23. The van der Waals surface area contributed by atoms with E-state index in [2.05, 4.69) is 33.9 Å². The van der Waals surface area contributed by atoms with Gasteiger partial charge in [0.15, 0.2) is 0 Å². The lowest BCUT2D eigenvalue weighted by Crippen LogP contribution is -2.20. The van der Waals surface area contributed by atoms with Crippen molar-refractivity contribution in [3.8, 4) is 0 Å². The van der Waals surface area contributed by atoms with Crippen molar-refractivity contribution in [2.75, 3.05) is 0 Å². The number of aromatic nitrogens is 2. The maximum absolute atomic E-state index is 5.58. The van der Waals surface area contributed by atoms with E-state index >= 15 is 0 Å². The first-order valence-corrected chi connectivity index (χ1v) is 6.05. The molecule has 3 nitrogen and oxygen atoms in total. The van der Waals surface area contributed by atoms with E-state index in [1.807, 2.05) is 10.9 Å². The van der Waals surface area contributed by atoms with Gasteiger partial charge in [-0.1, -0.05) is 12.2 Å². The van der Waals surface area contributed by atoms with E-state index in [0.29, 0.717) is 10.4 Å². The molecule has 0 amide bonds. The molecule has 0 aromatic carbocycles. The molecule has 0 radical (unpaired) electrons. The monoisotopic (exact) mass is 321 g/mol. The van der Waals surface area contributed by atoms with E-state index in [-0.39, 0.29) is 0 Å². The maximum Gasteiger partial charge on any atom is 0.0733 e. The highest BCUT2D eigenvalue weighted by atomic mass is 127. The molecule has 0 aliphatic heterocycles. The summed E-state index contributed by atoms with van der Waals surface area (Å²) in [4.78, 5) is 0.629. The topological polar surface area (TPSA) is 43.8 Å². The van der Waals surface area contributed by atoms with Crippen molar-refractivity contribution in [1.82, 2.24) is 9.78 Å². The first-order chi connectivity index (χ1) is 6.60. The van der Waals surface area contributed by atoms with Gasteiger partial charge in [-0.15, -0.1) is 0 Å². The van der Waals surface area contributed by atoms with Crippen LogP contribution in [0.15, 0.2) is 12.4 Å². The van der Waals surface area contributed by atoms with Crippen LogP contribution < -0.4 is 5.73 Å². The summed E-state index contributed by atoms with van der Waals surface area (Å²) >= 11 is 7.22. The van der Waals surface area contributed by atoms with Crippen LogP contribution in [0.5, 0.6) is 0 Å². The normalized spacial score (nSPS) is 18.1. The molecular formula is C9H12IN3S. The van der Waals surface area contributed by atoms with Gasteiger partial charge in [0, 0.05) is 19.2 Å². The highest BCUT2D eigenvalue weighted by Gasteiger charge is 2.43. The Morgan fingerprint density at radius 1 is 1.71 bits per heavy atom. The van der Waals surface area contributed by atoms with E-state index in [4.69, 9.17) is 18.0 Å². The Morgan fingerprint density at radius 3 is 2.86 bits per heavy atom. The maximum atomic E-state index is 5.58. The molecule has 14 heavy (non-hydrogen) atoms. The quantitative estimate of drug-likeness (QED) is 0.681. The zero-order valence-electron chi connectivity index (χ0n) is 7.74. The molecule has 2 N–H and O–H groups in total. The van der Waals surface area contributed by atoms with Crippen LogP contribution in [-0.4, -0.2) is 14.8 Å². The summed E-state index contributed by atoms with van der Waals surface area (Å²) in [5.41, 5.74) is 5.90. The fourth-order valence-corrected chi connectivity index (χ4v) is 2.46. The lowest BCUT2D eigenvalue weighted by atomic mass is 10.0. The average molecular weight is 321 g/mol. The summed E-state index contributed by atoms with van der Waals surface area (Å²) in [6.45, 7) is 0.952. The second-order valence-corrected chi connectivity index (χ2v) is 5.77. The van der Waals surface area contributed by atoms with Crippen molar-refractivity contribution in [2.24, 2.45) is 11.1 Å².